The molecule has 3 nitrogen and oxygen atoms in total. The van der Waals surface area contributed by atoms with Crippen molar-refractivity contribution in [1.29, 1.82) is 0 Å². The summed E-state index contributed by atoms with van der Waals surface area (Å²) in [5.74, 6) is 0.791. The minimum atomic E-state index is 0.791. The molecule has 0 atom stereocenters. The molecule has 0 unspecified atom stereocenters. The van der Waals surface area contributed by atoms with E-state index in [4.69, 9.17) is 5.21 Å². The maximum absolute atomic E-state index is 8.64. The van der Waals surface area contributed by atoms with Crippen LogP contribution in [0.2, 0.25) is 0 Å². The van der Waals surface area contributed by atoms with Gasteiger partial charge in [0.2, 0.25) is 0 Å². The summed E-state index contributed by atoms with van der Waals surface area (Å²) in [6, 6.07) is 0. The van der Waals surface area contributed by atoms with Crippen molar-refractivity contribution < 1.29 is 5.21 Å². The maximum atomic E-state index is 8.64. The molecule has 0 aromatic heterocycles. The molecule has 62 valence electrons. The van der Waals surface area contributed by atoms with E-state index in [0.717, 1.165) is 24.6 Å². The summed E-state index contributed by atoms with van der Waals surface area (Å²) in [4.78, 5) is 2.37. The van der Waals surface area contributed by atoms with Crippen molar-refractivity contribution in [2.75, 3.05) is 19.6 Å². The predicted octanol–water partition coefficient (Wildman–Crippen LogP) is 0.932. The zero-order valence-corrected chi connectivity index (χ0v) is 6.66. The molecule has 1 N–H and O–H groups in total. The van der Waals surface area contributed by atoms with Crippen LogP contribution in [0.15, 0.2) is 5.16 Å². The van der Waals surface area contributed by atoms with Crippen molar-refractivity contribution in [2.24, 2.45) is 11.1 Å². The summed E-state index contributed by atoms with van der Waals surface area (Å²) in [7, 11) is 0. The van der Waals surface area contributed by atoms with Crippen LogP contribution in [-0.4, -0.2) is 35.5 Å². The second kappa shape index (κ2) is 2.81. The lowest BCUT2D eigenvalue weighted by Crippen LogP contribution is -2.31. The van der Waals surface area contributed by atoms with Gasteiger partial charge in [0.1, 0.15) is 0 Å². The molecule has 3 heteroatoms. The predicted molar refractivity (Wildman–Crippen MR) is 43.0 cm³/mol. The lowest BCUT2D eigenvalue weighted by Gasteiger charge is -2.25. The van der Waals surface area contributed by atoms with Crippen LogP contribution in [0, 0.1) is 5.92 Å². The summed E-state index contributed by atoms with van der Waals surface area (Å²) in [5, 5.41) is 12.0. The lowest BCUT2D eigenvalue weighted by atomic mass is 9.95. The number of hydrogen-bond donors (Lipinski definition) is 1. The van der Waals surface area contributed by atoms with Crippen molar-refractivity contribution in [3.63, 3.8) is 0 Å². The van der Waals surface area contributed by atoms with Gasteiger partial charge >= 0.3 is 0 Å². The molecule has 2 bridgehead atoms. The zero-order valence-electron chi connectivity index (χ0n) is 6.66. The normalized spacial score (nSPS) is 40.9. The third-order valence-corrected chi connectivity index (χ3v) is 2.78. The highest BCUT2D eigenvalue weighted by atomic mass is 16.4. The minimum absolute atomic E-state index is 0.791. The van der Waals surface area contributed by atoms with Gasteiger partial charge in [-0.25, -0.2) is 0 Å². The topological polar surface area (TPSA) is 35.8 Å². The Morgan fingerprint density at radius 1 is 1.36 bits per heavy atom. The number of oxime groups is 1. The second-order valence-electron chi connectivity index (χ2n) is 3.59. The third kappa shape index (κ3) is 1.38. The van der Waals surface area contributed by atoms with Gasteiger partial charge < -0.3 is 5.21 Å². The number of fused-ring (bicyclic) bond motifs is 4. The number of nitrogens with zero attached hydrogens (tertiary/aromatic N) is 2. The van der Waals surface area contributed by atoms with Crippen LogP contribution >= 0.6 is 0 Å². The molecule has 0 aromatic rings. The van der Waals surface area contributed by atoms with Crippen LogP contribution in [0.3, 0.4) is 0 Å². The van der Waals surface area contributed by atoms with Gasteiger partial charge in [0, 0.05) is 6.54 Å². The zero-order chi connectivity index (χ0) is 7.68. The Morgan fingerprint density at radius 2 is 2.09 bits per heavy atom. The molecule has 3 rings (SSSR count). The molecule has 3 fully saturated rings. The summed E-state index contributed by atoms with van der Waals surface area (Å²) < 4.78 is 0. The average molecular weight is 154 g/mol. The Labute approximate surface area is 66.7 Å². The van der Waals surface area contributed by atoms with Gasteiger partial charge in [0.25, 0.3) is 0 Å². The Bertz CT molecular complexity index is 155. The molecule has 0 saturated carbocycles. The monoisotopic (exact) mass is 154 g/mol. The SMILES string of the molecule is O/N=C1\CC2CCN(CC2)C1. The van der Waals surface area contributed by atoms with Crippen molar-refractivity contribution >= 4 is 5.71 Å². The van der Waals surface area contributed by atoms with E-state index in [9.17, 15) is 0 Å². The van der Waals surface area contributed by atoms with Crippen LogP contribution in [0.4, 0.5) is 0 Å². The summed E-state index contributed by atoms with van der Waals surface area (Å²) >= 11 is 0. The largest absolute Gasteiger partial charge is 0.411 e. The van der Waals surface area contributed by atoms with E-state index in [1.54, 1.807) is 0 Å². The fourth-order valence-electron chi connectivity index (χ4n) is 2.08. The first-order chi connectivity index (χ1) is 5.38. The molecular weight excluding hydrogens is 140 g/mol. The highest BCUT2D eigenvalue weighted by Gasteiger charge is 2.26. The quantitative estimate of drug-likeness (QED) is 0.416. The van der Waals surface area contributed by atoms with E-state index < -0.39 is 0 Å². The molecule has 3 heterocycles. The van der Waals surface area contributed by atoms with E-state index in [1.165, 1.54) is 25.9 Å². The van der Waals surface area contributed by atoms with E-state index in [2.05, 4.69) is 10.1 Å². The van der Waals surface area contributed by atoms with Crippen LogP contribution in [-0.2, 0) is 0 Å². The van der Waals surface area contributed by atoms with Gasteiger partial charge in [-0.1, -0.05) is 5.16 Å². The van der Waals surface area contributed by atoms with Gasteiger partial charge in [0.15, 0.2) is 0 Å². The molecule has 3 aliphatic heterocycles. The van der Waals surface area contributed by atoms with Crippen LogP contribution in [0.5, 0.6) is 0 Å². The molecule has 11 heavy (non-hydrogen) atoms. The van der Waals surface area contributed by atoms with Crippen molar-refractivity contribution in [2.45, 2.75) is 19.3 Å². The van der Waals surface area contributed by atoms with Crippen molar-refractivity contribution in [3.05, 3.63) is 0 Å². The smallest absolute Gasteiger partial charge is 0.0713 e. The van der Waals surface area contributed by atoms with Crippen molar-refractivity contribution in [3.8, 4) is 0 Å². The van der Waals surface area contributed by atoms with Gasteiger partial charge in [-0.3, -0.25) is 4.90 Å². The molecule has 0 aromatic carbocycles. The molecule has 0 aliphatic carbocycles. The average Bonchev–Trinajstić information content (AvgIpc) is 2.35. The molecule has 0 spiro atoms. The molecular formula is C8H14N2O. The van der Waals surface area contributed by atoms with Gasteiger partial charge in [-0.15, -0.1) is 0 Å². The Balaban J connectivity index is 2.12. The first kappa shape index (κ1) is 7.10. The minimum Gasteiger partial charge on any atom is -0.411 e. The van der Waals surface area contributed by atoms with Gasteiger partial charge in [0.05, 0.1) is 5.71 Å². The highest BCUT2D eigenvalue weighted by Crippen LogP contribution is 2.24. The number of piperidine rings is 1. The molecule has 0 amide bonds. The lowest BCUT2D eigenvalue weighted by molar-refractivity contribution is 0.228. The first-order valence-corrected chi connectivity index (χ1v) is 4.30. The Hall–Kier alpha value is -0.570. The third-order valence-electron chi connectivity index (χ3n) is 2.78. The number of rotatable bonds is 0. The second-order valence-corrected chi connectivity index (χ2v) is 3.59. The maximum Gasteiger partial charge on any atom is 0.0713 e. The van der Waals surface area contributed by atoms with Crippen LogP contribution < -0.4 is 0 Å². The van der Waals surface area contributed by atoms with E-state index >= 15 is 0 Å². The standard InChI is InChI=1S/C8H14N2O/c11-9-8-5-7-1-3-10(6-8)4-2-7/h7,11H,1-6H2/b9-8+. The van der Waals surface area contributed by atoms with Crippen molar-refractivity contribution in [1.82, 2.24) is 4.90 Å². The summed E-state index contributed by atoms with van der Waals surface area (Å²) in [6.07, 6.45) is 3.60. The summed E-state index contributed by atoms with van der Waals surface area (Å²) in [6.45, 7) is 3.29. The molecule has 3 aliphatic rings. The fraction of sp³-hybridized carbons (Fsp3) is 0.875. The van der Waals surface area contributed by atoms with Crippen LogP contribution in [0.25, 0.3) is 0 Å². The fourth-order valence-corrected chi connectivity index (χ4v) is 2.08. The Kier molecular flexibility index (Phi) is 1.82. The Morgan fingerprint density at radius 3 is 2.73 bits per heavy atom. The summed E-state index contributed by atoms with van der Waals surface area (Å²) in [5.41, 5.74) is 0.977. The molecule has 0 radical (unpaired) electrons. The van der Waals surface area contributed by atoms with E-state index in [0.29, 0.717) is 0 Å². The first-order valence-electron chi connectivity index (χ1n) is 4.30. The number of hydrogen-bond acceptors (Lipinski definition) is 3. The highest BCUT2D eigenvalue weighted by molar-refractivity contribution is 5.86. The van der Waals surface area contributed by atoms with Gasteiger partial charge in [-0.05, 0) is 38.3 Å². The molecule has 3 saturated heterocycles. The van der Waals surface area contributed by atoms with E-state index in [-0.39, 0.29) is 0 Å². The van der Waals surface area contributed by atoms with E-state index in [1.807, 2.05) is 0 Å². The van der Waals surface area contributed by atoms with Gasteiger partial charge in [-0.2, -0.15) is 0 Å². The van der Waals surface area contributed by atoms with Crippen LogP contribution in [0.1, 0.15) is 19.3 Å².